The average molecular weight is 425 g/mol. The van der Waals surface area contributed by atoms with Gasteiger partial charge in [-0.05, 0) is 44.4 Å². The Morgan fingerprint density at radius 1 is 1.21 bits per heavy atom. The van der Waals surface area contributed by atoms with Crippen LogP contribution < -0.4 is 11.1 Å². The van der Waals surface area contributed by atoms with E-state index in [1.54, 1.807) is 6.07 Å². The van der Waals surface area contributed by atoms with Crippen LogP contribution in [0.1, 0.15) is 44.9 Å². The van der Waals surface area contributed by atoms with Gasteiger partial charge >= 0.3 is 0 Å². The van der Waals surface area contributed by atoms with Crippen molar-refractivity contribution in [3.8, 4) is 0 Å². The summed E-state index contributed by atoms with van der Waals surface area (Å²) < 4.78 is 27.7. The van der Waals surface area contributed by atoms with Gasteiger partial charge in [0, 0.05) is 12.7 Å². The molecule has 2 amide bonds. The molecule has 1 saturated carbocycles. The zero-order valence-corrected chi connectivity index (χ0v) is 17.1. The Morgan fingerprint density at radius 3 is 2.55 bits per heavy atom. The highest BCUT2D eigenvalue weighted by molar-refractivity contribution is 7.89. The Labute approximate surface area is 170 Å². The Morgan fingerprint density at radius 2 is 1.93 bits per heavy atom. The Hall–Kier alpha value is -2.04. The highest BCUT2D eigenvalue weighted by Crippen LogP contribution is 2.40. The topological polar surface area (TPSA) is 143 Å². The number of β-amino-alcohol motifs (C(OH)–C–C–N with tert-alkyl or cyclic N) is 1. The SMILES string of the molecule is NC(=O)C1(C(=O)N(C2CCCNCC2O)S(=O)(=O)c2ccccn2)CCCCC1. The van der Waals surface area contributed by atoms with E-state index < -0.39 is 39.4 Å². The van der Waals surface area contributed by atoms with E-state index in [0.29, 0.717) is 30.1 Å². The number of carbonyl (C=O) groups is 2. The molecule has 9 nitrogen and oxygen atoms in total. The van der Waals surface area contributed by atoms with Gasteiger partial charge in [0.15, 0.2) is 5.03 Å². The minimum absolute atomic E-state index is 0.149. The van der Waals surface area contributed by atoms with Crippen LogP contribution >= 0.6 is 0 Å². The summed E-state index contributed by atoms with van der Waals surface area (Å²) in [6, 6.07) is 3.39. The number of aromatic nitrogens is 1. The van der Waals surface area contributed by atoms with Crippen molar-refractivity contribution in [3.63, 3.8) is 0 Å². The summed E-state index contributed by atoms with van der Waals surface area (Å²) in [6.07, 6.45) is 3.56. The van der Waals surface area contributed by atoms with Crippen molar-refractivity contribution in [1.82, 2.24) is 14.6 Å². The number of nitrogens with two attached hydrogens (primary N) is 1. The van der Waals surface area contributed by atoms with Crippen LogP contribution in [0.2, 0.25) is 0 Å². The minimum atomic E-state index is -4.39. The van der Waals surface area contributed by atoms with E-state index in [1.807, 2.05) is 0 Å². The molecule has 0 bridgehead atoms. The zero-order chi connectivity index (χ0) is 21.1. The molecule has 2 heterocycles. The van der Waals surface area contributed by atoms with Crippen LogP contribution in [0.25, 0.3) is 0 Å². The third kappa shape index (κ3) is 4.15. The van der Waals surface area contributed by atoms with Crippen molar-refractivity contribution in [2.45, 2.75) is 62.1 Å². The second kappa shape index (κ2) is 8.76. The maximum atomic E-state index is 13.7. The van der Waals surface area contributed by atoms with Gasteiger partial charge in [0.2, 0.25) is 5.91 Å². The van der Waals surface area contributed by atoms with Gasteiger partial charge in [-0.25, -0.2) is 9.29 Å². The molecule has 160 valence electrons. The van der Waals surface area contributed by atoms with Gasteiger partial charge in [0.05, 0.1) is 12.1 Å². The molecule has 1 aromatic heterocycles. The van der Waals surface area contributed by atoms with E-state index in [2.05, 4.69) is 10.3 Å². The van der Waals surface area contributed by atoms with Crippen molar-refractivity contribution in [3.05, 3.63) is 24.4 Å². The van der Waals surface area contributed by atoms with E-state index in [1.165, 1.54) is 18.3 Å². The molecule has 1 aliphatic heterocycles. The standard InChI is InChI=1S/C19H28N4O5S/c20-17(25)19(9-3-1-4-10-19)18(26)23(14-7-6-11-21-13-15(14)24)29(27,28)16-8-2-5-12-22-16/h2,5,8,12,14-15,21,24H,1,3-4,6-7,9-11,13H2,(H2,20,25). The Balaban J connectivity index is 2.12. The van der Waals surface area contributed by atoms with Crippen molar-refractivity contribution in [2.24, 2.45) is 11.1 Å². The number of nitrogens with zero attached hydrogens (tertiary/aromatic N) is 2. The molecule has 2 unspecified atom stereocenters. The minimum Gasteiger partial charge on any atom is -0.390 e. The number of aliphatic hydroxyl groups excluding tert-OH is 1. The number of rotatable bonds is 5. The molecule has 10 heteroatoms. The predicted octanol–water partition coefficient (Wildman–Crippen LogP) is 0.148. The van der Waals surface area contributed by atoms with Crippen LogP contribution in [0.5, 0.6) is 0 Å². The number of primary amides is 1. The lowest BCUT2D eigenvalue weighted by atomic mass is 9.72. The Bertz CT molecular complexity index is 839. The summed E-state index contributed by atoms with van der Waals surface area (Å²) in [4.78, 5) is 30.0. The zero-order valence-electron chi connectivity index (χ0n) is 16.3. The molecule has 29 heavy (non-hydrogen) atoms. The molecule has 2 fully saturated rings. The maximum absolute atomic E-state index is 13.7. The monoisotopic (exact) mass is 424 g/mol. The molecule has 2 atom stereocenters. The van der Waals surface area contributed by atoms with Crippen molar-refractivity contribution in [2.75, 3.05) is 13.1 Å². The lowest BCUT2D eigenvalue weighted by Gasteiger charge is -2.40. The first kappa shape index (κ1) is 21.7. The summed E-state index contributed by atoms with van der Waals surface area (Å²) in [5.41, 5.74) is 4.06. The summed E-state index contributed by atoms with van der Waals surface area (Å²) in [7, 11) is -4.39. The van der Waals surface area contributed by atoms with Crippen LogP contribution in [0.15, 0.2) is 29.4 Å². The first-order chi connectivity index (χ1) is 13.8. The molecule has 0 radical (unpaired) electrons. The molecular weight excluding hydrogens is 396 g/mol. The number of hydrogen-bond donors (Lipinski definition) is 3. The van der Waals surface area contributed by atoms with Crippen molar-refractivity contribution in [1.29, 1.82) is 0 Å². The van der Waals surface area contributed by atoms with Gasteiger partial charge in [-0.1, -0.05) is 25.3 Å². The third-order valence-electron chi connectivity index (χ3n) is 5.90. The van der Waals surface area contributed by atoms with Gasteiger partial charge in [0.1, 0.15) is 5.41 Å². The van der Waals surface area contributed by atoms with E-state index in [9.17, 15) is 23.1 Å². The van der Waals surface area contributed by atoms with Gasteiger partial charge in [-0.15, -0.1) is 0 Å². The lowest BCUT2D eigenvalue weighted by Crippen LogP contribution is -2.59. The number of amides is 2. The number of nitrogens with one attached hydrogen (secondary N) is 1. The van der Waals surface area contributed by atoms with Gasteiger partial charge in [-0.2, -0.15) is 8.42 Å². The summed E-state index contributed by atoms with van der Waals surface area (Å²) >= 11 is 0. The van der Waals surface area contributed by atoms with Crippen LogP contribution in [-0.2, 0) is 19.6 Å². The van der Waals surface area contributed by atoms with Gasteiger partial charge in [0.25, 0.3) is 15.9 Å². The molecule has 4 N–H and O–H groups in total. The number of sulfonamides is 1. The first-order valence-corrected chi connectivity index (χ1v) is 11.4. The van der Waals surface area contributed by atoms with Crippen molar-refractivity contribution >= 4 is 21.8 Å². The van der Waals surface area contributed by atoms with E-state index in [-0.39, 0.29) is 30.8 Å². The number of carbonyl (C=O) groups excluding carboxylic acids is 2. The fraction of sp³-hybridized carbons (Fsp3) is 0.632. The predicted molar refractivity (Wildman–Crippen MR) is 105 cm³/mol. The summed E-state index contributed by atoms with van der Waals surface area (Å²) in [5.74, 6) is -1.66. The molecule has 1 aliphatic carbocycles. The third-order valence-corrected chi connectivity index (χ3v) is 7.63. The van der Waals surface area contributed by atoms with E-state index >= 15 is 0 Å². The summed E-state index contributed by atoms with van der Waals surface area (Å²) in [5, 5.41) is 13.4. The van der Waals surface area contributed by atoms with Crippen LogP contribution in [0.4, 0.5) is 0 Å². The molecule has 3 rings (SSSR count). The smallest absolute Gasteiger partial charge is 0.284 e. The number of hydrogen-bond acceptors (Lipinski definition) is 7. The van der Waals surface area contributed by atoms with Crippen LogP contribution in [0, 0.1) is 5.41 Å². The van der Waals surface area contributed by atoms with Gasteiger partial charge in [-0.3, -0.25) is 9.59 Å². The Kier molecular flexibility index (Phi) is 6.55. The highest BCUT2D eigenvalue weighted by Gasteiger charge is 2.53. The van der Waals surface area contributed by atoms with Gasteiger partial charge < -0.3 is 16.2 Å². The molecular formula is C19H28N4O5S. The first-order valence-electron chi connectivity index (χ1n) is 9.99. The number of aliphatic hydroxyl groups is 1. The van der Waals surface area contributed by atoms with Crippen LogP contribution in [-0.4, -0.2) is 59.9 Å². The van der Waals surface area contributed by atoms with Crippen LogP contribution in [0.3, 0.4) is 0 Å². The van der Waals surface area contributed by atoms with E-state index in [4.69, 9.17) is 5.73 Å². The van der Waals surface area contributed by atoms with Crippen molar-refractivity contribution < 1.29 is 23.1 Å². The molecule has 1 aromatic rings. The quantitative estimate of drug-likeness (QED) is 0.571. The lowest BCUT2D eigenvalue weighted by molar-refractivity contribution is -0.150. The largest absolute Gasteiger partial charge is 0.390 e. The fourth-order valence-corrected chi connectivity index (χ4v) is 5.90. The summed E-state index contributed by atoms with van der Waals surface area (Å²) in [6.45, 7) is 0.746. The molecule has 0 aromatic carbocycles. The molecule has 0 spiro atoms. The second-order valence-corrected chi connectivity index (χ2v) is 9.52. The second-order valence-electron chi connectivity index (χ2n) is 7.76. The highest BCUT2D eigenvalue weighted by atomic mass is 32.2. The normalized spacial score (nSPS) is 25.0. The van der Waals surface area contributed by atoms with E-state index in [0.717, 1.165) is 6.42 Å². The maximum Gasteiger partial charge on any atom is 0.284 e. The molecule has 2 aliphatic rings. The average Bonchev–Trinajstić information content (AvgIpc) is 2.93. The molecule has 1 saturated heterocycles. The number of pyridine rings is 1. The fourth-order valence-electron chi connectivity index (χ4n) is 4.26.